The van der Waals surface area contributed by atoms with Gasteiger partial charge in [-0.1, -0.05) is 49.8 Å². The summed E-state index contributed by atoms with van der Waals surface area (Å²) >= 11 is 0. The Balaban J connectivity index is 1.46. The van der Waals surface area contributed by atoms with Crippen molar-refractivity contribution in [3.63, 3.8) is 0 Å². The highest BCUT2D eigenvalue weighted by atomic mass is 32.2. The number of carboxylic acid groups (broad SMARTS) is 1. The van der Waals surface area contributed by atoms with Gasteiger partial charge in [0.1, 0.15) is 0 Å². The van der Waals surface area contributed by atoms with Gasteiger partial charge < -0.3 is 24.3 Å². The fraction of sp³-hybridized carbons (Fsp3) is 0.462. The van der Waals surface area contributed by atoms with Crippen molar-refractivity contribution in [1.29, 1.82) is 0 Å². The average Bonchev–Trinajstić information content (AvgIpc) is 3.52. The first-order chi connectivity index (χ1) is 29.3. The van der Waals surface area contributed by atoms with Crippen molar-refractivity contribution >= 4 is 38.9 Å². The number of allylic oxidation sites excluding steroid dienone is 7. The van der Waals surface area contributed by atoms with Crippen LogP contribution in [0.5, 0.6) is 0 Å². The van der Waals surface area contributed by atoms with E-state index in [1.807, 2.05) is 30.3 Å². The molecule has 0 saturated heterocycles. The van der Waals surface area contributed by atoms with Crippen LogP contribution in [0.1, 0.15) is 88.5 Å². The molecule has 0 aromatic heterocycles. The van der Waals surface area contributed by atoms with E-state index in [1.165, 1.54) is 39.7 Å². The Morgan fingerprint density at radius 3 is 2.17 bits per heavy atom. The third-order valence-corrected chi connectivity index (χ3v) is 13.7. The molecule has 3 aliphatic rings. The number of anilines is 2. The molecule has 10 nitrogen and oxygen atoms in total. The second-order valence-corrected chi connectivity index (χ2v) is 22.3. The summed E-state index contributed by atoms with van der Waals surface area (Å²) in [6, 6.07) is 19.9. The molecule has 0 atom stereocenters. The number of carbonyl (C=O) groups is 1. The Bertz CT molecular complexity index is 2490. The molecule has 0 spiro atoms. The Morgan fingerprint density at radius 1 is 0.841 bits per heavy atom. The number of hydrogen-bond donors (Lipinski definition) is 3. The van der Waals surface area contributed by atoms with Crippen LogP contribution >= 0.6 is 0 Å². The SMILES string of the molecule is Cc1ccc2c(c1)C(C)(C)C(/C=C/C1=C(Nc3ccc(CCC(=O)O)cc3)C(=C/C=C3/N(CCC[N+](C)(C)C)c4ccc(S(=O)(=O)O)cc4C3(C)C)/CCC1)=[N+]2CCC[N+](C)(C)C. The molecule has 0 fully saturated rings. The molecule has 63 heavy (non-hydrogen) atoms. The second-order valence-electron chi connectivity index (χ2n) is 20.9. The smallest absolute Gasteiger partial charge is 0.303 e. The Labute approximate surface area is 377 Å². The highest BCUT2D eigenvalue weighted by Crippen LogP contribution is 2.49. The van der Waals surface area contributed by atoms with Gasteiger partial charge >= 0.3 is 5.97 Å². The van der Waals surface area contributed by atoms with Crippen LogP contribution in [-0.4, -0.2) is 112 Å². The molecule has 2 aliphatic heterocycles. The fourth-order valence-electron chi connectivity index (χ4n) is 9.42. The molecule has 0 amide bonds. The predicted molar refractivity (Wildman–Crippen MR) is 258 cm³/mol. The number of fused-ring (bicyclic) bond motifs is 2. The number of aryl methyl sites for hydroxylation is 2. The summed E-state index contributed by atoms with van der Waals surface area (Å²) in [5.41, 5.74) is 12.7. The van der Waals surface area contributed by atoms with E-state index < -0.39 is 21.5 Å². The predicted octanol–water partition coefficient (Wildman–Crippen LogP) is 9.54. The first-order valence-electron chi connectivity index (χ1n) is 22.5. The van der Waals surface area contributed by atoms with E-state index in [0.29, 0.717) is 6.42 Å². The van der Waals surface area contributed by atoms with Gasteiger partial charge in [0.2, 0.25) is 5.69 Å². The first-order valence-corrected chi connectivity index (χ1v) is 24.0. The van der Waals surface area contributed by atoms with Gasteiger partial charge in [-0.2, -0.15) is 13.0 Å². The summed E-state index contributed by atoms with van der Waals surface area (Å²) in [6.07, 6.45) is 14.5. The molecule has 338 valence electrons. The summed E-state index contributed by atoms with van der Waals surface area (Å²) < 4.78 is 39.0. The lowest BCUT2D eigenvalue weighted by molar-refractivity contribution is -0.871. The van der Waals surface area contributed by atoms with Crippen LogP contribution in [0.2, 0.25) is 0 Å². The number of aliphatic carboxylic acids is 1. The maximum atomic E-state index is 12.3. The van der Waals surface area contributed by atoms with Crippen LogP contribution in [0.4, 0.5) is 17.1 Å². The largest absolute Gasteiger partial charge is 0.481 e. The molecule has 3 aromatic carbocycles. The summed E-state index contributed by atoms with van der Waals surface area (Å²) in [5, 5.41) is 13.1. The highest BCUT2D eigenvalue weighted by molar-refractivity contribution is 7.85. The molecule has 3 aromatic rings. The molecule has 0 unspecified atom stereocenters. The minimum atomic E-state index is -4.38. The van der Waals surface area contributed by atoms with E-state index >= 15 is 0 Å². The van der Waals surface area contributed by atoms with Gasteiger partial charge in [-0.25, -0.2) is 0 Å². The number of benzene rings is 3. The molecule has 3 N–H and O–H groups in total. The van der Waals surface area contributed by atoms with Crippen molar-refractivity contribution in [2.24, 2.45) is 0 Å². The number of rotatable bonds is 17. The van der Waals surface area contributed by atoms with E-state index in [1.54, 1.807) is 6.07 Å². The van der Waals surface area contributed by atoms with Gasteiger partial charge in [0.05, 0.1) is 72.1 Å². The zero-order valence-electron chi connectivity index (χ0n) is 39.7. The van der Waals surface area contributed by atoms with Crippen LogP contribution < -0.4 is 10.2 Å². The molecule has 0 bridgehead atoms. The van der Waals surface area contributed by atoms with Gasteiger partial charge in [-0.3, -0.25) is 9.35 Å². The molecule has 2 heterocycles. The lowest BCUT2D eigenvalue weighted by Gasteiger charge is -2.29. The van der Waals surface area contributed by atoms with Crippen LogP contribution in [0.25, 0.3) is 0 Å². The van der Waals surface area contributed by atoms with Crippen molar-refractivity contribution in [2.75, 3.05) is 78.7 Å². The summed E-state index contributed by atoms with van der Waals surface area (Å²) in [7, 11) is 8.94. The van der Waals surface area contributed by atoms with Crippen LogP contribution in [0, 0.1) is 6.92 Å². The molecule has 0 radical (unpaired) electrons. The zero-order chi connectivity index (χ0) is 46.1. The highest BCUT2D eigenvalue weighted by Gasteiger charge is 2.45. The van der Waals surface area contributed by atoms with Crippen LogP contribution in [0.15, 0.2) is 112 Å². The molecule has 6 rings (SSSR count). The number of quaternary nitrogens is 2. The van der Waals surface area contributed by atoms with Gasteiger partial charge in [0.15, 0.2) is 12.3 Å². The van der Waals surface area contributed by atoms with Gasteiger partial charge in [-0.15, -0.1) is 0 Å². The molecular formula is C52H72N5O5S+3. The van der Waals surface area contributed by atoms with E-state index in [-0.39, 0.29) is 16.7 Å². The minimum Gasteiger partial charge on any atom is -0.481 e. The Kier molecular flexibility index (Phi) is 13.9. The number of nitrogens with one attached hydrogen (secondary N) is 1. The average molecular weight is 879 g/mol. The zero-order valence-corrected chi connectivity index (χ0v) is 40.5. The normalized spacial score (nSPS) is 18.8. The Morgan fingerprint density at radius 2 is 1.52 bits per heavy atom. The third-order valence-electron chi connectivity index (χ3n) is 12.9. The lowest BCUT2D eigenvalue weighted by atomic mass is 9.80. The maximum Gasteiger partial charge on any atom is 0.303 e. The third kappa shape index (κ3) is 11.3. The van der Waals surface area contributed by atoms with Gasteiger partial charge in [0, 0.05) is 65.3 Å². The second kappa shape index (κ2) is 18.4. The van der Waals surface area contributed by atoms with Crippen molar-refractivity contribution in [1.82, 2.24) is 0 Å². The van der Waals surface area contributed by atoms with E-state index in [4.69, 9.17) is 0 Å². The van der Waals surface area contributed by atoms with Crippen molar-refractivity contribution < 1.29 is 36.4 Å². The van der Waals surface area contributed by atoms with Crippen molar-refractivity contribution in [3.8, 4) is 0 Å². The molecule has 1 aliphatic carbocycles. The standard InChI is InChI=1S/C52H69N5O5S/c1-37-17-26-45-43(35-37)51(2,3)47(54(45)31-13-33-56(6,7)8)28-21-39-15-12-16-40(50(39)53-41-23-18-38(19-24-41)20-30-49(58)59)22-29-48-52(4,5)44-36-42(63(60,61)62)25-27-46(44)55(48)32-14-34-57(9,10)11/h17-19,21-29,35-36H,12-16,20,30-34H2,1-11H3/p+3/b40-22+,48-29+. The minimum absolute atomic E-state index is 0.0864. The summed E-state index contributed by atoms with van der Waals surface area (Å²) in [6.45, 7) is 14.9. The number of hydrogen-bond acceptors (Lipinski definition) is 5. The molecule has 11 heteroatoms. The summed E-state index contributed by atoms with van der Waals surface area (Å²) in [5.74, 6) is -0.808. The maximum absolute atomic E-state index is 12.3. The van der Waals surface area contributed by atoms with Crippen molar-refractivity contribution in [3.05, 3.63) is 130 Å². The van der Waals surface area contributed by atoms with Gasteiger partial charge in [-0.05, 0) is 111 Å². The van der Waals surface area contributed by atoms with Gasteiger partial charge in [0.25, 0.3) is 10.1 Å². The monoisotopic (exact) mass is 879 g/mol. The van der Waals surface area contributed by atoms with Crippen LogP contribution in [-0.2, 0) is 32.2 Å². The van der Waals surface area contributed by atoms with Crippen LogP contribution in [0.3, 0.4) is 0 Å². The van der Waals surface area contributed by atoms with E-state index in [9.17, 15) is 22.9 Å². The van der Waals surface area contributed by atoms with Crippen molar-refractivity contribution in [2.45, 2.75) is 95.3 Å². The van der Waals surface area contributed by atoms with E-state index in [0.717, 1.165) is 101 Å². The molecular weight excluding hydrogens is 807 g/mol. The lowest BCUT2D eigenvalue weighted by Crippen LogP contribution is -2.37. The topological polar surface area (TPSA) is 110 Å². The number of carboxylic acids is 1. The first kappa shape index (κ1) is 47.7. The summed E-state index contributed by atoms with van der Waals surface area (Å²) in [4.78, 5) is 13.5. The van der Waals surface area contributed by atoms with E-state index in [2.05, 4.69) is 134 Å². The number of nitrogens with zero attached hydrogens (tertiary/aromatic N) is 4. The quantitative estimate of drug-likeness (QED) is 0.0705. The fourth-order valence-corrected chi connectivity index (χ4v) is 9.93. The Hall–Kier alpha value is -4.81. The molecule has 0 saturated carbocycles.